The van der Waals surface area contributed by atoms with Crippen LogP contribution in [-0.4, -0.2) is 44.6 Å². The van der Waals surface area contributed by atoms with Crippen molar-refractivity contribution in [3.63, 3.8) is 0 Å². The predicted octanol–water partition coefficient (Wildman–Crippen LogP) is 3.85. The van der Waals surface area contributed by atoms with Gasteiger partial charge in [-0.05, 0) is 67.3 Å². The van der Waals surface area contributed by atoms with E-state index in [4.69, 9.17) is 4.74 Å². The summed E-state index contributed by atoms with van der Waals surface area (Å²) in [5, 5.41) is 2.81. The summed E-state index contributed by atoms with van der Waals surface area (Å²) in [7, 11) is -1.88. The van der Waals surface area contributed by atoms with Gasteiger partial charge in [0.05, 0.1) is 17.8 Å². The first kappa shape index (κ1) is 21.7. The third-order valence-corrected chi connectivity index (χ3v) is 7.72. The average Bonchev–Trinajstić information content (AvgIpc) is 2.73. The number of thioether (sulfide) groups is 1. The van der Waals surface area contributed by atoms with Gasteiger partial charge in [0.25, 0.3) is 0 Å². The van der Waals surface area contributed by atoms with Gasteiger partial charge in [0.2, 0.25) is 15.9 Å². The van der Waals surface area contributed by atoms with E-state index in [-0.39, 0.29) is 16.6 Å². The lowest BCUT2D eigenvalue weighted by Gasteiger charge is -2.30. The number of benzene rings is 2. The summed E-state index contributed by atoms with van der Waals surface area (Å²) >= 11 is 1.42. The minimum atomic E-state index is -3.49. The lowest BCUT2D eigenvalue weighted by molar-refractivity contribution is -0.113. The van der Waals surface area contributed by atoms with Crippen molar-refractivity contribution in [2.45, 2.75) is 29.6 Å². The van der Waals surface area contributed by atoms with E-state index in [1.165, 1.54) is 11.8 Å². The van der Waals surface area contributed by atoms with Crippen LogP contribution in [0.2, 0.25) is 0 Å². The molecule has 0 spiro atoms. The van der Waals surface area contributed by atoms with E-state index in [1.54, 1.807) is 35.7 Å². The molecule has 1 fully saturated rings. The summed E-state index contributed by atoms with van der Waals surface area (Å²) in [4.78, 5) is 13.4. The quantitative estimate of drug-likeness (QED) is 0.670. The molecular weight excluding hydrogens is 408 g/mol. The molecular formula is C21H26N2O4S2. The number of ether oxygens (including phenoxy) is 1. The van der Waals surface area contributed by atoms with Gasteiger partial charge in [-0.25, -0.2) is 8.42 Å². The van der Waals surface area contributed by atoms with Crippen LogP contribution in [0.3, 0.4) is 0 Å². The molecule has 3 rings (SSSR count). The standard InChI is InChI=1S/C21H26N2O4S2/c1-16-4-3-13-23(14-16)29(25,26)20-11-5-17(6-12-20)22-21(24)15-28-19-9-7-18(27-2)8-10-19/h5-12,16H,3-4,13-15H2,1-2H3,(H,22,24). The topological polar surface area (TPSA) is 75.7 Å². The molecule has 8 heteroatoms. The van der Waals surface area contributed by atoms with Crippen LogP contribution in [0, 0.1) is 5.92 Å². The fraction of sp³-hybridized carbons (Fsp3) is 0.381. The van der Waals surface area contributed by atoms with Crippen LogP contribution in [0.4, 0.5) is 5.69 Å². The van der Waals surface area contributed by atoms with Gasteiger partial charge in [0.1, 0.15) is 5.75 Å². The maximum Gasteiger partial charge on any atom is 0.243 e. The monoisotopic (exact) mass is 434 g/mol. The van der Waals surface area contributed by atoms with Crippen molar-refractivity contribution >= 4 is 33.4 Å². The highest BCUT2D eigenvalue weighted by Gasteiger charge is 2.28. The average molecular weight is 435 g/mol. The highest BCUT2D eigenvalue weighted by atomic mass is 32.2. The molecule has 29 heavy (non-hydrogen) atoms. The molecule has 1 aliphatic rings. The van der Waals surface area contributed by atoms with E-state index in [0.29, 0.717) is 24.7 Å². The lowest BCUT2D eigenvalue weighted by atomic mass is 10.0. The number of amides is 1. The molecule has 0 aromatic heterocycles. The zero-order valence-corrected chi connectivity index (χ0v) is 18.3. The highest BCUT2D eigenvalue weighted by Crippen LogP contribution is 2.25. The highest BCUT2D eigenvalue weighted by molar-refractivity contribution is 8.00. The van der Waals surface area contributed by atoms with Gasteiger partial charge in [-0.2, -0.15) is 4.31 Å². The second-order valence-corrected chi connectivity index (χ2v) is 10.1. The molecule has 1 aliphatic heterocycles. The molecule has 0 bridgehead atoms. The fourth-order valence-corrected chi connectivity index (χ4v) is 5.54. The van der Waals surface area contributed by atoms with Crippen molar-refractivity contribution in [3.05, 3.63) is 48.5 Å². The Morgan fingerprint density at radius 2 is 1.86 bits per heavy atom. The van der Waals surface area contributed by atoms with E-state index >= 15 is 0 Å². The molecule has 1 amide bonds. The zero-order chi connectivity index (χ0) is 20.9. The number of nitrogens with zero attached hydrogens (tertiary/aromatic N) is 1. The number of nitrogens with one attached hydrogen (secondary N) is 1. The molecule has 0 radical (unpaired) electrons. The molecule has 1 atom stereocenters. The van der Waals surface area contributed by atoms with Crippen LogP contribution in [-0.2, 0) is 14.8 Å². The summed E-state index contributed by atoms with van der Waals surface area (Å²) in [5.74, 6) is 1.26. The van der Waals surface area contributed by atoms with E-state index in [9.17, 15) is 13.2 Å². The van der Waals surface area contributed by atoms with E-state index < -0.39 is 10.0 Å². The second-order valence-electron chi connectivity index (χ2n) is 7.15. The first-order chi connectivity index (χ1) is 13.9. The Balaban J connectivity index is 1.56. The Kier molecular flexibility index (Phi) is 7.21. The van der Waals surface area contributed by atoms with Gasteiger partial charge >= 0.3 is 0 Å². The van der Waals surface area contributed by atoms with Crippen LogP contribution in [0.1, 0.15) is 19.8 Å². The van der Waals surface area contributed by atoms with Crippen LogP contribution in [0.25, 0.3) is 0 Å². The van der Waals surface area contributed by atoms with Crippen molar-refractivity contribution in [1.29, 1.82) is 0 Å². The smallest absolute Gasteiger partial charge is 0.243 e. The largest absolute Gasteiger partial charge is 0.497 e. The van der Waals surface area contributed by atoms with Crippen molar-refractivity contribution in [3.8, 4) is 5.75 Å². The maximum atomic E-state index is 12.8. The van der Waals surface area contributed by atoms with Crippen molar-refractivity contribution in [2.75, 3.05) is 31.3 Å². The molecule has 0 aliphatic carbocycles. The number of sulfonamides is 1. The van der Waals surface area contributed by atoms with Crippen molar-refractivity contribution in [1.82, 2.24) is 4.31 Å². The second kappa shape index (κ2) is 9.65. The zero-order valence-electron chi connectivity index (χ0n) is 16.6. The molecule has 1 heterocycles. The normalized spacial score (nSPS) is 17.7. The van der Waals surface area contributed by atoms with Crippen LogP contribution in [0.5, 0.6) is 5.75 Å². The van der Waals surface area contributed by atoms with E-state index in [0.717, 1.165) is 23.5 Å². The Morgan fingerprint density at radius 1 is 1.17 bits per heavy atom. The Hall–Kier alpha value is -2.03. The molecule has 1 saturated heterocycles. The number of piperidine rings is 1. The molecule has 2 aromatic carbocycles. The lowest BCUT2D eigenvalue weighted by Crippen LogP contribution is -2.39. The fourth-order valence-electron chi connectivity index (χ4n) is 3.24. The van der Waals surface area contributed by atoms with Crippen LogP contribution >= 0.6 is 11.8 Å². The Labute approximate surface area is 176 Å². The van der Waals surface area contributed by atoms with Gasteiger partial charge in [-0.3, -0.25) is 4.79 Å². The Bertz CT molecular complexity index is 928. The van der Waals surface area contributed by atoms with Crippen molar-refractivity contribution < 1.29 is 17.9 Å². The van der Waals surface area contributed by atoms with Crippen molar-refractivity contribution in [2.24, 2.45) is 5.92 Å². The maximum absolute atomic E-state index is 12.8. The number of hydrogen-bond acceptors (Lipinski definition) is 5. The van der Waals surface area contributed by atoms with E-state index in [2.05, 4.69) is 12.2 Å². The summed E-state index contributed by atoms with van der Waals surface area (Å²) in [6, 6.07) is 13.9. The molecule has 2 aromatic rings. The summed E-state index contributed by atoms with van der Waals surface area (Å²) in [5.41, 5.74) is 0.580. The van der Waals surface area contributed by atoms with Gasteiger partial charge in [-0.1, -0.05) is 6.92 Å². The van der Waals surface area contributed by atoms with Crippen LogP contribution < -0.4 is 10.1 Å². The first-order valence-corrected chi connectivity index (χ1v) is 12.0. The molecule has 0 saturated carbocycles. The SMILES string of the molecule is COc1ccc(SCC(=O)Nc2ccc(S(=O)(=O)N3CCCC(C)C3)cc2)cc1. The summed E-state index contributed by atoms with van der Waals surface area (Å²) in [6.45, 7) is 3.20. The van der Waals surface area contributed by atoms with Crippen LogP contribution in [0.15, 0.2) is 58.3 Å². The minimum absolute atomic E-state index is 0.147. The summed E-state index contributed by atoms with van der Waals surface area (Å²) < 4.78 is 32.3. The Morgan fingerprint density at radius 3 is 2.48 bits per heavy atom. The number of anilines is 1. The molecule has 156 valence electrons. The number of carbonyl (C=O) groups is 1. The third kappa shape index (κ3) is 5.74. The van der Waals surface area contributed by atoms with Gasteiger partial charge < -0.3 is 10.1 Å². The van der Waals surface area contributed by atoms with Gasteiger partial charge in [0, 0.05) is 23.7 Å². The summed E-state index contributed by atoms with van der Waals surface area (Å²) in [6.07, 6.45) is 1.95. The van der Waals surface area contributed by atoms with Gasteiger partial charge in [-0.15, -0.1) is 11.8 Å². The minimum Gasteiger partial charge on any atom is -0.497 e. The van der Waals surface area contributed by atoms with Gasteiger partial charge in [0.15, 0.2) is 0 Å². The number of carbonyl (C=O) groups excluding carboxylic acids is 1. The molecule has 6 nitrogen and oxygen atoms in total. The first-order valence-electron chi connectivity index (χ1n) is 9.55. The number of methoxy groups -OCH3 is 1. The van der Waals surface area contributed by atoms with E-state index in [1.807, 2.05) is 24.3 Å². The number of hydrogen-bond donors (Lipinski definition) is 1. The third-order valence-electron chi connectivity index (χ3n) is 4.82. The molecule has 1 N–H and O–H groups in total. The predicted molar refractivity (Wildman–Crippen MR) is 116 cm³/mol. The molecule has 1 unspecified atom stereocenters. The number of rotatable bonds is 7.